The first kappa shape index (κ1) is 12.1. The van der Waals surface area contributed by atoms with Crippen LogP contribution in [0.2, 0.25) is 0 Å². The van der Waals surface area contributed by atoms with Crippen LogP contribution in [0.25, 0.3) is 0 Å². The number of hydrogen-bond acceptors (Lipinski definition) is 5. The smallest absolute Gasteiger partial charge is 0.271 e. The first-order chi connectivity index (χ1) is 8.08. The van der Waals surface area contributed by atoms with E-state index in [0.717, 1.165) is 24.4 Å². The molecule has 1 aromatic carbocycles. The van der Waals surface area contributed by atoms with Crippen molar-refractivity contribution in [2.75, 3.05) is 5.32 Å². The van der Waals surface area contributed by atoms with Crippen molar-refractivity contribution in [2.45, 2.75) is 0 Å². The summed E-state index contributed by atoms with van der Waals surface area (Å²) in [4.78, 5) is 9.77. The highest BCUT2D eigenvalue weighted by atomic mass is 19.1. The summed E-state index contributed by atoms with van der Waals surface area (Å²) in [5.41, 5.74) is -0.740. The number of nitrogens with one attached hydrogen (secondary N) is 1. The molecule has 0 radical (unpaired) electrons. The zero-order valence-corrected chi connectivity index (χ0v) is 8.35. The third-order valence-electron chi connectivity index (χ3n) is 1.77. The molecule has 1 N–H and O–H groups in total. The molecule has 0 spiro atoms. The van der Waals surface area contributed by atoms with Crippen molar-refractivity contribution >= 4 is 11.4 Å². The van der Waals surface area contributed by atoms with E-state index in [1.807, 2.05) is 0 Å². The van der Waals surface area contributed by atoms with E-state index in [1.165, 1.54) is 0 Å². The number of nitrogens with zero attached hydrogens (tertiary/aromatic N) is 3. The number of nitro benzene ring substituents is 1. The summed E-state index contributed by atoms with van der Waals surface area (Å²) in [5, 5.41) is 29.6. The summed E-state index contributed by atoms with van der Waals surface area (Å²) in [6, 6.07) is 6.03. The van der Waals surface area contributed by atoms with Gasteiger partial charge in [-0.1, -0.05) is 0 Å². The molecule has 1 rings (SSSR count). The van der Waals surface area contributed by atoms with Gasteiger partial charge in [0.15, 0.2) is 0 Å². The maximum atomic E-state index is 13.2. The number of rotatable bonds is 3. The number of hydrogen-bond donors (Lipinski definition) is 1. The highest BCUT2D eigenvalue weighted by molar-refractivity contribution is 5.55. The van der Waals surface area contributed by atoms with Crippen LogP contribution in [0.3, 0.4) is 0 Å². The van der Waals surface area contributed by atoms with Gasteiger partial charge in [0, 0.05) is 18.3 Å². The van der Waals surface area contributed by atoms with Crippen LogP contribution in [-0.4, -0.2) is 4.92 Å². The first-order valence-electron chi connectivity index (χ1n) is 4.29. The van der Waals surface area contributed by atoms with Crippen molar-refractivity contribution < 1.29 is 9.31 Å². The summed E-state index contributed by atoms with van der Waals surface area (Å²) in [5.74, 6) is -0.720. The Morgan fingerprint density at radius 3 is 2.65 bits per heavy atom. The molecule has 0 aliphatic carbocycles. The van der Waals surface area contributed by atoms with Gasteiger partial charge in [-0.15, -0.1) is 0 Å². The molecule has 7 heteroatoms. The monoisotopic (exact) mass is 232 g/mol. The van der Waals surface area contributed by atoms with Crippen molar-refractivity contribution in [1.29, 1.82) is 10.5 Å². The molecular formula is C10H5FN4O2. The zero-order chi connectivity index (χ0) is 12.8. The Kier molecular flexibility index (Phi) is 3.74. The van der Waals surface area contributed by atoms with Crippen LogP contribution in [0.1, 0.15) is 0 Å². The second kappa shape index (κ2) is 5.24. The van der Waals surface area contributed by atoms with Gasteiger partial charge >= 0.3 is 0 Å². The van der Waals surface area contributed by atoms with Crippen LogP contribution in [0, 0.1) is 38.6 Å². The molecule has 0 unspecified atom stereocenters. The van der Waals surface area contributed by atoms with Gasteiger partial charge < -0.3 is 5.32 Å². The number of anilines is 1. The molecule has 0 aromatic heterocycles. The van der Waals surface area contributed by atoms with Crippen molar-refractivity contribution in [3.8, 4) is 12.1 Å². The van der Waals surface area contributed by atoms with E-state index < -0.39 is 10.7 Å². The van der Waals surface area contributed by atoms with Crippen LogP contribution in [0.5, 0.6) is 0 Å². The molecule has 0 bridgehead atoms. The van der Waals surface area contributed by atoms with E-state index in [9.17, 15) is 14.5 Å². The van der Waals surface area contributed by atoms with Crippen molar-refractivity contribution in [3.63, 3.8) is 0 Å². The predicted molar refractivity (Wildman–Crippen MR) is 56.0 cm³/mol. The van der Waals surface area contributed by atoms with E-state index in [0.29, 0.717) is 0 Å². The fourth-order valence-corrected chi connectivity index (χ4v) is 0.977. The Morgan fingerprint density at radius 1 is 1.47 bits per heavy atom. The van der Waals surface area contributed by atoms with E-state index in [2.05, 4.69) is 5.32 Å². The molecule has 0 saturated heterocycles. The third-order valence-corrected chi connectivity index (χ3v) is 1.77. The van der Waals surface area contributed by atoms with Gasteiger partial charge in [0.25, 0.3) is 5.69 Å². The quantitative estimate of drug-likeness (QED) is 0.488. The highest BCUT2D eigenvalue weighted by Crippen LogP contribution is 2.21. The van der Waals surface area contributed by atoms with Gasteiger partial charge in [-0.2, -0.15) is 10.5 Å². The zero-order valence-electron chi connectivity index (χ0n) is 8.35. The summed E-state index contributed by atoms with van der Waals surface area (Å²) in [7, 11) is 0. The number of nitro groups is 1. The molecule has 0 amide bonds. The van der Waals surface area contributed by atoms with Crippen LogP contribution < -0.4 is 5.32 Å². The summed E-state index contributed by atoms with van der Waals surface area (Å²) in [6.45, 7) is 0. The maximum absolute atomic E-state index is 13.2. The normalized spacial score (nSPS) is 8.65. The fourth-order valence-electron chi connectivity index (χ4n) is 0.977. The lowest BCUT2D eigenvalue weighted by Crippen LogP contribution is -1.96. The molecule has 0 atom stereocenters. The Bertz CT molecular complexity index is 553. The minimum atomic E-state index is -0.720. The average Bonchev–Trinajstić information content (AvgIpc) is 2.32. The molecule has 17 heavy (non-hydrogen) atoms. The SMILES string of the molecule is N#CC(C#N)=CNc1cc([N+](=O)[O-])ccc1F. The molecular weight excluding hydrogens is 227 g/mol. The fraction of sp³-hybridized carbons (Fsp3) is 0. The van der Waals surface area contributed by atoms with E-state index in [1.54, 1.807) is 12.1 Å². The Hall–Kier alpha value is -2.93. The van der Waals surface area contributed by atoms with Crippen molar-refractivity contribution in [1.82, 2.24) is 0 Å². The maximum Gasteiger partial charge on any atom is 0.271 e. The van der Waals surface area contributed by atoms with Crippen LogP contribution in [0.4, 0.5) is 15.8 Å². The number of allylic oxidation sites excluding steroid dienone is 1. The van der Waals surface area contributed by atoms with Crippen molar-refractivity contribution in [3.05, 3.63) is 45.9 Å². The topological polar surface area (TPSA) is 103 Å². The van der Waals surface area contributed by atoms with E-state index in [-0.39, 0.29) is 16.9 Å². The summed E-state index contributed by atoms with van der Waals surface area (Å²) < 4.78 is 13.2. The first-order valence-corrected chi connectivity index (χ1v) is 4.29. The van der Waals surface area contributed by atoms with Gasteiger partial charge in [0.1, 0.15) is 23.5 Å². The van der Waals surface area contributed by atoms with Gasteiger partial charge in [-0.25, -0.2) is 4.39 Å². The highest BCUT2D eigenvalue weighted by Gasteiger charge is 2.09. The van der Waals surface area contributed by atoms with Crippen LogP contribution >= 0.6 is 0 Å². The lowest BCUT2D eigenvalue weighted by Gasteiger charge is -2.01. The Morgan fingerprint density at radius 2 is 2.12 bits per heavy atom. The number of halogens is 1. The standard InChI is InChI=1S/C10H5FN4O2/c11-9-2-1-8(15(16)17)3-10(9)14-6-7(4-12)5-13/h1-3,6,14H. The molecule has 1 aromatic rings. The minimum Gasteiger partial charge on any atom is -0.357 e. The number of nitriles is 2. The number of non-ortho nitro benzene ring substituents is 1. The van der Waals surface area contributed by atoms with Crippen LogP contribution in [0.15, 0.2) is 30.0 Å². The van der Waals surface area contributed by atoms with Gasteiger partial charge in [0.05, 0.1) is 10.6 Å². The van der Waals surface area contributed by atoms with E-state index in [4.69, 9.17) is 10.5 Å². The molecule has 0 heterocycles. The second-order valence-electron chi connectivity index (χ2n) is 2.85. The molecule has 0 saturated carbocycles. The van der Waals surface area contributed by atoms with E-state index >= 15 is 0 Å². The summed E-state index contributed by atoms with van der Waals surface area (Å²) >= 11 is 0. The molecule has 0 fully saturated rings. The third kappa shape index (κ3) is 3.01. The molecule has 0 aliphatic heterocycles. The van der Waals surface area contributed by atoms with Gasteiger partial charge in [-0.3, -0.25) is 10.1 Å². The van der Waals surface area contributed by atoms with Crippen molar-refractivity contribution in [2.24, 2.45) is 0 Å². The summed E-state index contributed by atoms with van der Waals surface area (Å²) in [6.07, 6.45) is 0.974. The lowest BCUT2D eigenvalue weighted by molar-refractivity contribution is -0.384. The second-order valence-corrected chi connectivity index (χ2v) is 2.85. The number of benzene rings is 1. The Balaban J connectivity index is 3.04. The minimum absolute atomic E-state index is 0.179. The van der Waals surface area contributed by atoms with Crippen LogP contribution in [-0.2, 0) is 0 Å². The van der Waals surface area contributed by atoms with Gasteiger partial charge in [0.2, 0.25) is 0 Å². The molecule has 0 aliphatic rings. The molecule has 6 nitrogen and oxygen atoms in total. The van der Waals surface area contributed by atoms with Gasteiger partial charge in [-0.05, 0) is 6.07 Å². The average molecular weight is 232 g/mol. The Labute approximate surface area is 95.4 Å². The molecule has 84 valence electrons. The predicted octanol–water partition coefficient (Wildman–Crippen LogP) is 2.08. The lowest BCUT2D eigenvalue weighted by atomic mass is 10.2. The largest absolute Gasteiger partial charge is 0.357 e.